The highest BCUT2D eigenvalue weighted by Crippen LogP contribution is 2.23. The maximum Gasteiger partial charge on any atom is 0.127 e. The van der Waals surface area contributed by atoms with Crippen molar-refractivity contribution < 1.29 is 9.47 Å². The van der Waals surface area contributed by atoms with E-state index in [0.29, 0.717) is 0 Å². The van der Waals surface area contributed by atoms with Crippen molar-refractivity contribution in [1.29, 1.82) is 0 Å². The number of hydrogen-bond acceptors (Lipinski definition) is 3. The summed E-state index contributed by atoms with van der Waals surface area (Å²) in [6.07, 6.45) is 12.1. The minimum atomic E-state index is 0. The molecule has 4 heteroatoms. The average molecular weight is 418 g/mol. The summed E-state index contributed by atoms with van der Waals surface area (Å²) in [6.45, 7) is 4.77. The second kappa shape index (κ2) is 14.3. The van der Waals surface area contributed by atoms with Gasteiger partial charge in [0.1, 0.15) is 17.2 Å². The summed E-state index contributed by atoms with van der Waals surface area (Å²) >= 11 is 0. The van der Waals surface area contributed by atoms with Crippen LogP contribution in [0.2, 0.25) is 0 Å². The molecule has 2 aromatic carbocycles. The zero-order valence-electron chi connectivity index (χ0n) is 17.6. The first-order valence-electron chi connectivity index (χ1n) is 11.1. The number of unbranched alkanes of at least 4 members (excludes halogenated alkanes) is 5. The Bertz CT molecular complexity index is 642. The maximum atomic E-state index is 5.86. The van der Waals surface area contributed by atoms with E-state index in [4.69, 9.17) is 9.47 Å². The summed E-state index contributed by atoms with van der Waals surface area (Å²) in [7, 11) is 0. The summed E-state index contributed by atoms with van der Waals surface area (Å²) in [5, 5.41) is 0. The van der Waals surface area contributed by atoms with Gasteiger partial charge >= 0.3 is 0 Å². The van der Waals surface area contributed by atoms with E-state index in [1.165, 1.54) is 71.0 Å². The molecule has 1 fully saturated rings. The standard InChI is InChI=1S/C25H35NO2.ClH/c1(3-9-19-26-20-10-6-11-21-26)2-4-12-22-27-23-15-17-25(18-16-23)28-24-13-7-5-8-14-24;/h5,7-8,13-18H,1-4,6,9-12,19-22H2;1H. The zero-order valence-corrected chi connectivity index (χ0v) is 18.4. The Balaban J connectivity index is 0.00000300. The van der Waals surface area contributed by atoms with Gasteiger partial charge in [-0.05, 0) is 81.7 Å². The molecule has 1 aliphatic rings. The van der Waals surface area contributed by atoms with Crippen LogP contribution in [0, 0.1) is 0 Å². The van der Waals surface area contributed by atoms with E-state index in [9.17, 15) is 0 Å². The number of para-hydroxylation sites is 1. The second-order valence-electron chi connectivity index (χ2n) is 7.76. The lowest BCUT2D eigenvalue weighted by Gasteiger charge is -2.26. The van der Waals surface area contributed by atoms with E-state index >= 15 is 0 Å². The fourth-order valence-electron chi connectivity index (χ4n) is 3.75. The third kappa shape index (κ3) is 9.56. The number of nitrogens with zero attached hydrogens (tertiary/aromatic N) is 1. The van der Waals surface area contributed by atoms with Crippen LogP contribution in [0.3, 0.4) is 0 Å². The number of halogens is 1. The molecule has 0 atom stereocenters. The first-order chi connectivity index (χ1) is 13.9. The molecule has 0 bridgehead atoms. The normalized spacial score (nSPS) is 14.2. The summed E-state index contributed by atoms with van der Waals surface area (Å²) in [4.78, 5) is 2.65. The summed E-state index contributed by atoms with van der Waals surface area (Å²) in [5.41, 5.74) is 0. The molecule has 29 heavy (non-hydrogen) atoms. The van der Waals surface area contributed by atoms with E-state index in [2.05, 4.69) is 4.90 Å². The van der Waals surface area contributed by atoms with Crippen LogP contribution in [0.4, 0.5) is 0 Å². The number of piperidine rings is 1. The fourth-order valence-corrected chi connectivity index (χ4v) is 3.75. The topological polar surface area (TPSA) is 21.7 Å². The Morgan fingerprint density at radius 2 is 1.21 bits per heavy atom. The van der Waals surface area contributed by atoms with Crippen molar-refractivity contribution in [3.05, 3.63) is 54.6 Å². The number of ether oxygens (including phenoxy) is 2. The molecule has 0 aromatic heterocycles. The largest absolute Gasteiger partial charge is 0.494 e. The van der Waals surface area contributed by atoms with E-state index in [1.54, 1.807) is 0 Å². The highest BCUT2D eigenvalue weighted by molar-refractivity contribution is 5.85. The molecule has 0 spiro atoms. The smallest absolute Gasteiger partial charge is 0.127 e. The van der Waals surface area contributed by atoms with Crippen molar-refractivity contribution in [1.82, 2.24) is 4.90 Å². The minimum Gasteiger partial charge on any atom is -0.494 e. The van der Waals surface area contributed by atoms with Crippen LogP contribution >= 0.6 is 12.4 Å². The Hall–Kier alpha value is -1.71. The van der Waals surface area contributed by atoms with Crippen LogP contribution in [-0.2, 0) is 0 Å². The first-order valence-corrected chi connectivity index (χ1v) is 11.1. The molecule has 0 unspecified atom stereocenters. The zero-order chi connectivity index (χ0) is 19.3. The van der Waals surface area contributed by atoms with Crippen LogP contribution in [0.1, 0.15) is 57.8 Å². The van der Waals surface area contributed by atoms with Crippen molar-refractivity contribution in [2.75, 3.05) is 26.2 Å². The van der Waals surface area contributed by atoms with Crippen molar-refractivity contribution >= 4 is 12.4 Å². The van der Waals surface area contributed by atoms with Crippen LogP contribution in [0.25, 0.3) is 0 Å². The van der Waals surface area contributed by atoms with Crippen LogP contribution in [0.15, 0.2) is 54.6 Å². The van der Waals surface area contributed by atoms with Gasteiger partial charge < -0.3 is 14.4 Å². The van der Waals surface area contributed by atoms with Crippen LogP contribution in [0.5, 0.6) is 17.2 Å². The molecule has 1 heterocycles. The number of benzene rings is 2. The number of likely N-dealkylation sites (tertiary alicyclic amines) is 1. The van der Waals surface area contributed by atoms with Gasteiger partial charge in [0, 0.05) is 0 Å². The molecule has 0 saturated carbocycles. The van der Waals surface area contributed by atoms with E-state index in [-0.39, 0.29) is 12.4 Å². The fraction of sp³-hybridized carbons (Fsp3) is 0.520. The molecule has 0 radical (unpaired) electrons. The van der Waals surface area contributed by atoms with Crippen LogP contribution < -0.4 is 9.47 Å². The van der Waals surface area contributed by atoms with E-state index in [0.717, 1.165) is 30.3 Å². The summed E-state index contributed by atoms with van der Waals surface area (Å²) < 4.78 is 11.7. The van der Waals surface area contributed by atoms with Gasteiger partial charge in [0.25, 0.3) is 0 Å². The summed E-state index contributed by atoms with van der Waals surface area (Å²) in [5.74, 6) is 2.61. The molecule has 160 valence electrons. The SMILES string of the molecule is Cl.c1ccc(Oc2ccc(OCCCCCCCCN3CCCCC3)cc2)cc1. The van der Waals surface area contributed by atoms with Crippen LogP contribution in [-0.4, -0.2) is 31.1 Å². The third-order valence-electron chi connectivity index (χ3n) is 5.39. The van der Waals surface area contributed by atoms with Gasteiger partial charge in [0.05, 0.1) is 6.61 Å². The predicted octanol–water partition coefficient (Wildman–Crippen LogP) is 7.11. The van der Waals surface area contributed by atoms with E-state index < -0.39 is 0 Å². The summed E-state index contributed by atoms with van der Waals surface area (Å²) in [6, 6.07) is 17.7. The third-order valence-corrected chi connectivity index (χ3v) is 5.39. The van der Waals surface area contributed by atoms with Gasteiger partial charge in [0.15, 0.2) is 0 Å². The quantitative estimate of drug-likeness (QED) is 0.343. The highest BCUT2D eigenvalue weighted by atomic mass is 35.5. The molecule has 3 rings (SSSR count). The Morgan fingerprint density at radius 1 is 0.621 bits per heavy atom. The van der Waals surface area contributed by atoms with Gasteiger partial charge in [-0.1, -0.05) is 50.3 Å². The molecular formula is C25H36ClNO2. The Kier molecular flexibility index (Phi) is 11.6. The second-order valence-corrected chi connectivity index (χ2v) is 7.76. The molecular weight excluding hydrogens is 382 g/mol. The molecule has 0 aliphatic carbocycles. The predicted molar refractivity (Wildman–Crippen MR) is 124 cm³/mol. The van der Waals surface area contributed by atoms with Gasteiger partial charge in [-0.2, -0.15) is 0 Å². The van der Waals surface area contributed by atoms with Gasteiger partial charge in [-0.25, -0.2) is 0 Å². The minimum absolute atomic E-state index is 0. The lowest BCUT2D eigenvalue weighted by molar-refractivity contribution is 0.224. The molecule has 1 saturated heterocycles. The molecule has 3 nitrogen and oxygen atoms in total. The lowest BCUT2D eigenvalue weighted by Crippen LogP contribution is -2.30. The highest BCUT2D eigenvalue weighted by Gasteiger charge is 2.08. The average Bonchev–Trinajstić information content (AvgIpc) is 2.75. The molecule has 0 N–H and O–H groups in total. The molecule has 1 aliphatic heterocycles. The molecule has 0 amide bonds. The monoisotopic (exact) mass is 417 g/mol. The van der Waals surface area contributed by atoms with Crippen molar-refractivity contribution in [3.63, 3.8) is 0 Å². The molecule has 2 aromatic rings. The first kappa shape index (κ1) is 23.6. The number of hydrogen-bond donors (Lipinski definition) is 0. The number of rotatable bonds is 12. The Morgan fingerprint density at radius 3 is 1.93 bits per heavy atom. The van der Waals surface area contributed by atoms with E-state index in [1.807, 2.05) is 54.6 Å². The maximum absolute atomic E-state index is 5.86. The van der Waals surface area contributed by atoms with Crippen molar-refractivity contribution in [2.24, 2.45) is 0 Å². The van der Waals surface area contributed by atoms with Gasteiger partial charge in [-0.15, -0.1) is 12.4 Å². The Labute approximate surface area is 182 Å². The van der Waals surface area contributed by atoms with Crippen molar-refractivity contribution in [2.45, 2.75) is 57.8 Å². The van der Waals surface area contributed by atoms with Gasteiger partial charge in [0.2, 0.25) is 0 Å². The lowest BCUT2D eigenvalue weighted by atomic mass is 10.1. The van der Waals surface area contributed by atoms with Crippen molar-refractivity contribution in [3.8, 4) is 17.2 Å². The van der Waals surface area contributed by atoms with Gasteiger partial charge in [-0.3, -0.25) is 0 Å².